The molecule has 0 atom stereocenters. The van der Waals surface area contributed by atoms with Crippen LogP contribution in [0.25, 0.3) is 32.3 Å². The summed E-state index contributed by atoms with van der Waals surface area (Å²) in [7, 11) is 7.06. The largest absolute Gasteiger partial charge is 0.493 e. The molecule has 9 N–H and O–H groups in total. The Morgan fingerprint density at radius 2 is 0.738 bits per heavy atom. The number of hydrogen-bond acceptors (Lipinski definition) is 18. The fourth-order valence-corrected chi connectivity index (χ4v) is 15.4. The fourth-order valence-electron chi connectivity index (χ4n) is 15.1. The Morgan fingerprint density at radius 3 is 1.12 bits per heavy atom. The first-order valence-electron chi connectivity index (χ1n) is 41.5. The molecule has 3 amide bonds. The van der Waals surface area contributed by atoms with E-state index >= 15 is 0 Å². The zero-order valence-corrected chi connectivity index (χ0v) is 73.9. The quantitative estimate of drug-likeness (QED) is 0.0412. The van der Waals surface area contributed by atoms with Crippen molar-refractivity contribution in [2.75, 3.05) is 147 Å². The minimum atomic E-state index is -4.57. The maximum atomic E-state index is 14.1. The van der Waals surface area contributed by atoms with Gasteiger partial charge in [0.05, 0.1) is 47.6 Å². The first-order valence-corrected chi connectivity index (χ1v) is 42.2. The lowest BCUT2D eigenvalue weighted by atomic mass is 10.0. The van der Waals surface area contributed by atoms with Crippen LogP contribution in [0.4, 0.5) is 74.0 Å². The lowest BCUT2D eigenvalue weighted by Crippen LogP contribution is -2.45. The zero-order valence-electron chi connectivity index (χ0n) is 72.4. The van der Waals surface area contributed by atoms with E-state index in [1.807, 2.05) is 54.8 Å². The summed E-state index contributed by atoms with van der Waals surface area (Å²) >= 11 is 12.4. The van der Waals surface area contributed by atoms with Gasteiger partial charge in [0.2, 0.25) is 0 Å². The number of nitrogen functional groups attached to an aromatic ring is 3. The Hall–Kier alpha value is -13.1. The summed E-state index contributed by atoms with van der Waals surface area (Å²) < 4.78 is 137. The van der Waals surface area contributed by atoms with Gasteiger partial charge >= 0.3 is 18.5 Å². The average Bonchev–Trinajstić information content (AvgIpc) is 0.794. The predicted octanol–water partition coefficient (Wildman–Crippen LogP) is 17.7. The van der Waals surface area contributed by atoms with Gasteiger partial charge in [-0.1, -0.05) is 108 Å². The first-order chi connectivity index (χ1) is 61.9. The minimum Gasteiger partial charge on any atom is -0.493 e. The number of halogens is 11. The van der Waals surface area contributed by atoms with Gasteiger partial charge in [-0.25, -0.2) is 15.0 Å². The number of fused-ring (bicyclic) bond motifs is 3. The number of hydrogen-bond donors (Lipinski definition) is 6. The first kappa shape index (κ1) is 94.5. The molecule has 4 aromatic heterocycles. The summed E-state index contributed by atoms with van der Waals surface area (Å²) in [6.07, 6.45) is -7.31. The highest BCUT2D eigenvalue weighted by molar-refractivity contribution is 6.32. The van der Waals surface area contributed by atoms with Crippen LogP contribution in [0, 0.1) is 56.3 Å². The van der Waals surface area contributed by atoms with E-state index in [0.29, 0.717) is 99.8 Å². The molecule has 7 heterocycles. The number of amides is 3. The van der Waals surface area contributed by atoms with E-state index in [4.69, 9.17) is 49.9 Å². The number of likely N-dealkylation sites (N-methyl/N-ethyl adjacent to an activating group) is 3. The number of nitrogens with one attached hydrogen (secondary N) is 3. The lowest BCUT2D eigenvalue weighted by Gasteiger charge is -2.34. The summed E-state index contributed by atoms with van der Waals surface area (Å²) in [5.74, 6) is 18.4. The number of ether oxygens (including phenoxy) is 2. The standard InChI is InChI=1S/C34H34F3N5O3.C33H31ClF3N5O.C31H28ClF3N6O/c1-21-5-6-23(15-22(21)8-10-27-28-18-31(45-4)30(44-3)16-25(28)19-39-32(27)38)33(43)40-26-9-7-24(29(17-26)34(35,36)37)20-42-13-11-41(2)12-14-42;1-3-41-12-14-42(15-13-41)20-25-7-10-27(18-30(25)33(35,36)37)40-32(43)23-5-4-21(2)22(16-23)8-11-28-29-17-26(34)9-6-24(29)19-39-31(28)38;1-19-16-37-28(13-20(19)5-8-25-26-14-23(32)6-3-21(26)17-38-29(25)36)30(42)39-24-7-4-22(27(15-24)31(33,34)35)18-41-11-9-40(2)10-12-41/h5-7,9,15-19H,11-14,20H2,1-4H3,(H2,38,39)(H,40,43);4-7,9-10,16-19H,3,12-15,20H2,1-2H3,(H2,38,39)(H,40,43);3-4,6-7,13-17H,9-12,18H2,1-2H3,(H2,36,38)(H,39,42). The number of anilines is 6. The van der Waals surface area contributed by atoms with E-state index in [-0.39, 0.29) is 87.7 Å². The van der Waals surface area contributed by atoms with Crippen molar-refractivity contribution >= 4 is 108 Å². The number of carbonyl (C=O) groups is 3. The molecule has 3 fully saturated rings. The van der Waals surface area contributed by atoms with Crippen molar-refractivity contribution in [3.05, 3.63) is 281 Å². The van der Waals surface area contributed by atoms with Gasteiger partial charge in [0.1, 0.15) is 23.1 Å². The van der Waals surface area contributed by atoms with Gasteiger partial charge in [-0.05, 0) is 178 Å². The second-order valence-electron chi connectivity index (χ2n) is 31.8. The third-order valence-corrected chi connectivity index (χ3v) is 23.3. The van der Waals surface area contributed by atoms with Gasteiger partial charge in [-0.15, -0.1) is 0 Å². The molecule has 672 valence electrons. The van der Waals surface area contributed by atoms with Crippen LogP contribution in [-0.4, -0.2) is 180 Å². The van der Waals surface area contributed by atoms with E-state index in [2.05, 4.69) is 93.0 Å². The number of pyridine rings is 4. The predicted molar refractivity (Wildman–Crippen MR) is 492 cm³/mol. The molecule has 8 aromatic carbocycles. The van der Waals surface area contributed by atoms with Crippen molar-refractivity contribution < 1.29 is 63.4 Å². The Labute approximate surface area is 756 Å². The monoisotopic (exact) mass is 1810 g/mol. The molecule has 0 aliphatic carbocycles. The second kappa shape index (κ2) is 41.1. The van der Waals surface area contributed by atoms with Gasteiger partial charge in [0, 0.05) is 210 Å². The molecular formula is C98H93Cl2F9N16O5. The number of alkyl halides is 9. The van der Waals surface area contributed by atoms with Gasteiger partial charge in [-0.3, -0.25) is 34.1 Å². The van der Waals surface area contributed by atoms with Crippen molar-refractivity contribution in [1.29, 1.82) is 0 Å². The number of rotatable bonds is 15. The molecule has 32 heteroatoms. The molecule has 15 rings (SSSR count). The molecule has 3 aliphatic rings. The number of nitrogens with zero attached hydrogens (tertiary/aromatic N) is 10. The normalized spacial score (nSPS) is 14.3. The molecule has 3 saturated heterocycles. The fraction of sp³-hybridized carbons (Fsp3) is 0.276. The molecule has 0 radical (unpaired) electrons. The van der Waals surface area contributed by atoms with Crippen molar-refractivity contribution in [2.45, 2.75) is 65.9 Å². The van der Waals surface area contributed by atoms with Crippen LogP contribution >= 0.6 is 23.2 Å². The van der Waals surface area contributed by atoms with Crippen LogP contribution in [0.1, 0.15) is 122 Å². The van der Waals surface area contributed by atoms with E-state index < -0.39 is 52.9 Å². The molecule has 0 spiro atoms. The summed E-state index contributed by atoms with van der Waals surface area (Å²) in [6, 6.07) is 37.4. The number of benzene rings is 8. The maximum absolute atomic E-state index is 14.1. The Balaban J connectivity index is 0.000000166. The molecule has 0 unspecified atom stereocenters. The van der Waals surface area contributed by atoms with Crippen LogP contribution in [0.2, 0.25) is 10.0 Å². The SMILES string of the molecule is CCN1CCN(Cc2ccc(NC(=O)c3ccc(C)c(C#Cc4c(N)ncc5ccc(Cl)cc45)c3)cc2C(F)(F)F)CC1.COc1cc2cnc(N)c(C#Cc3cc(C(=O)Nc4ccc(CN5CCN(C)CC5)c(C(F)(F)F)c4)ccc3C)c2cc1OC.Cc1cnc(C(=O)Nc2ccc(CN3CCN(C)CC3)c(C(F)(F)F)c2)cc1C#Cc1c(N)ncc2ccc(Cl)cc12. The van der Waals surface area contributed by atoms with Crippen LogP contribution in [0.15, 0.2) is 170 Å². The van der Waals surface area contributed by atoms with Gasteiger partial charge < -0.3 is 57.3 Å². The number of nitrogens with two attached hydrogens (primary N) is 3. The second-order valence-corrected chi connectivity index (χ2v) is 32.7. The molecule has 0 saturated carbocycles. The summed E-state index contributed by atoms with van der Waals surface area (Å²) in [4.78, 5) is 68.8. The highest BCUT2D eigenvalue weighted by Crippen LogP contribution is 2.40. The van der Waals surface area contributed by atoms with Gasteiger partial charge in [0.15, 0.2) is 11.5 Å². The molecule has 12 aromatic rings. The third-order valence-electron chi connectivity index (χ3n) is 22.8. The van der Waals surface area contributed by atoms with Gasteiger partial charge in [-0.2, -0.15) is 39.5 Å². The summed E-state index contributed by atoms with van der Waals surface area (Å²) in [5.41, 5.74) is 22.8. The molecular weight excluding hydrogens is 1720 g/mol. The van der Waals surface area contributed by atoms with Crippen LogP contribution in [0.5, 0.6) is 11.5 Å². The van der Waals surface area contributed by atoms with Gasteiger partial charge in [0.25, 0.3) is 17.7 Å². The smallest absolute Gasteiger partial charge is 0.416 e. The molecule has 130 heavy (non-hydrogen) atoms. The average molecular weight is 1820 g/mol. The van der Waals surface area contributed by atoms with Crippen molar-refractivity contribution in [3.63, 3.8) is 0 Å². The summed E-state index contributed by atoms with van der Waals surface area (Å²) in [6.45, 7) is 18.1. The molecule has 3 aliphatic heterocycles. The Bertz CT molecular complexity index is 6480. The number of aryl methyl sites for hydroxylation is 3. The molecule has 0 bridgehead atoms. The lowest BCUT2D eigenvalue weighted by molar-refractivity contribution is -0.139. The number of aromatic nitrogens is 4. The Kier molecular flexibility index (Phi) is 29.9. The van der Waals surface area contributed by atoms with Crippen LogP contribution < -0.4 is 42.6 Å². The van der Waals surface area contributed by atoms with Crippen molar-refractivity contribution in [2.24, 2.45) is 0 Å². The van der Waals surface area contributed by atoms with E-state index in [9.17, 15) is 53.9 Å². The minimum absolute atomic E-state index is 0.00651. The molecule has 21 nitrogen and oxygen atoms in total. The van der Waals surface area contributed by atoms with Crippen LogP contribution in [-0.2, 0) is 38.2 Å². The van der Waals surface area contributed by atoms with Crippen molar-refractivity contribution in [1.82, 2.24) is 49.3 Å². The van der Waals surface area contributed by atoms with Crippen LogP contribution in [0.3, 0.4) is 0 Å². The Morgan fingerprint density at radius 1 is 0.392 bits per heavy atom. The zero-order chi connectivity index (χ0) is 93.0. The summed E-state index contributed by atoms with van der Waals surface area (Å²) in [5, 5.41) is 13.5. The number of methoxy groups -OCH3 is 2. The highest BCUT2D eigenvalue weighted by atomic mass is 35.5. The topological polar surface area (TPSA) is 255 Å². The van der Waals surface area contributed by atoms with E-state index in [1.54, 1.807) is 105 Å². The van der Waals surface area contributed by atoms with Crippen molar-refractivity contribution in [3.8, 4) is 47.0 Å². The maximum Gasteiger partial charge on any atom is 0.416 e. The number of piperazine rings is 3. The third kappa shape index (κ3) is 23.7. The number of carbonyl (C=O) groups excluding carboxylic acids is 3. The van der Waals surface area contributed by atoms with E-state index in [0.717, 1.165) is 107 Å². The highest BCUT2D eigenvalue weighted by Gasteiger charge is 2.38. The van der Waals surface area contributed by atoms with E-state index in [1.165, 1.54) is 55.8 Å².